The molecule has 0 atom stereocenters. The summed E-state index contributed by atoms with van der Waals surface area (Å²) in [4.78, 5) is 25.5. The fraction of sp³-hybridized carbons (Fsp3) is 0. The third-order valence-electron chi connectivity index (χ3n) is 2.43. The topological polar surface area (TPSA) is 67.3 Å². The Morgan fingerprint density at radius 1 is 1.28 bits per heavy atom. The number of carboxylic acid groups (broad SMARTS) is 1. The highest BCUT2D eigenvalue weighted by molar-refractivity contribution is 6.32. The lowest BCUT2D eigenvalue weighted by Gasteiger charge is -2.04. The fourth-order valence-corrected chi connectivity index (χ4v) is 1.73. The molecule has 5 heteroatoms. The maximum Gasteiger partial charge on any atom is 0.338 e. The van der Waals surface area contributed by atoms with E-state index in [1.165, 1.54) is 12.3 Å². The molecule has 1 aromatic heterocycles. The van der Waals surface area contributed by atoms with Gasteiger partial charge in [-0.1, -0.05) is 29.8 Å². The first-order valence-corrected chi connectivity index (χ1v) is 5.44. The minimum absolute atomic E-state index is 0.0576. The van der Waals surface area contributed by atoms with Crippen molar-refractivity contribution < 1.29 is 14.7 Å². The fourth-order valence-electron chi connectivity index (χ4n) is 1.55. The van der Waals surface area contributed by atoms with E-state index >= 15 is 0 Å². The number of halogens is 1. The van der Waals surface area contributed by atoms with Gasteiger partial charge in [-0.05, 0) is 17.7 Å². The molecule has 0 amide bonds. The van der Waals surface area contributed by atoms with Crippen molar-refractivity contribution in [1.29, 1.82) is 0 Å². The van der Waals surface area contributed by atoms with E-state index in [4.69, 9.17) is 16.7 Å². The van der Waals surface area contributed by atoms with E-state index in [1.54, 1.807) is 24.3 Å². The second-order valence-corrected chi connectivity index (χ2v) is 3.97. The Morgan fingerprint density at radius 2 is 2.06 bits per heavy atom. The van der Waals surface area contributed by atoms with E-state index in [0.717, 1.165) is 6.29 Å². The number of aromatic carboxylic acids is 1. The van der Waals surface area contributed by atoms with Crippen LogP contribution in [0.3, 0.4) is 0 Å². The highest BCUT2D eigenvalue weighted by Crippen LogP contribution is 2.23. The molecule has 0 fully saturated rings. The van der Waals surface area contributed by atoms with Crippen LogP contribution in [0.15, 0.2) is 36.5 Å². The standard InChI is InChI=1S/C13H8ClNO3/c14-12-11(13(17)18)5-10(6-15-12)9-3-1-2-8(4-9)7-16/h1-7H,(H,17,18). The van der Waals surface area contributed by atoms with Crippen LogP contribution in [-0.4, -0.2) is 22.3 Å². The van der Waals surface area contributed by atoms with Crippen molar-refractivity contribution in [2.75, 3.05) is 0 Å². The van der Waals surface area contributed by atoms with Gasteiger partial charge in [0, 0.05) is 17.3 Å². The first kappa shape index (κ1) is 12.3. The molecule has 0 saturated carbocycles. The van der Waals surface area contributed by atoms with Crippen LogP contribution in [0.4, 0.5) is 0 Å². The Hall–Kier alpha value is -2.20. The van der Waals surface area contributed by atoms with Crippen LogP contribution < -0.4 is 0 Å². The van der Waals surface area contributed by atoms with Gasteiger partial charge in [0.25, 0.3) is 0 Å². The van der Waals surface area contributed by atoms with Crippen molar-refractivity contribution in [3.05, 3.63) is 52.8 Å². The van der Waals surface area contributed by atoms with Gasteiger partial charge in [0.15, 0.2) is 0 Å². The quantitative estimate of drug-likeness (QED) is 0.681. The number of aromatic nitrogens is 1. The van der Waals surface area contributed by atoms with Crippen molar-refractivity contribution in [2.45, 2.75) is 0 Å². The summed E-state index contributed by atoms with van der Waals surface area (Å²) in [5.41, 5.74) is 1.76. The third-order valence-corrected chi connectivity index (χ3v) is 2.73. The Bertz CT molecular complexity index is 625. The molecule has 0 spiro atoms. The highest BCUT2D eigenvalue weighted by atomic mass is 35.5. The first-order valence-electron chi connectivity index (χ1n) is 5.06. The molecule has 0 aliphatic rings. The van der Waals surface area contributed by atoms with Crippen LogP contribution in [0.25, 0.3) is 11.1 Å². The van der Waals surface area contributed by atoms with E-state index in [9.17, 15) is 9.59 Å². The molecule has 0 aliphatic carbocycles. The normalized spacial score (nSPS) is 10.1. The molecule has 1 aromatic carbocycles. The summed E-state index contributed by atoms with van der Waals surface area (Å²) in [5, 5.41) is 8.90. The smallest absolute Gasteiger partial charge is 0.338 e. The Balaban J connectivity index is 2.53. The van der Waals surface area contributed by atoms with Gasteiger partial charge in [0.2, 0.25) is 0 Å². The average Bonchev–Trinajstić information content (AvgIpc) is 2.39. The summed E-state index contributed by atoms with van der Waals surface area (Å²) < 4.78 is 0. The molecule has 90 valence electrons. The molecule has 1 heterocycles. The number of carboxylic acids is 1. The van der Waals surface area contributed by atoms with Crippen LogP contribution in [0.2, 0.25) is 5.15 Å². The van der Waals surface area contributed by atoms with Gasteiger partial charge in [-0.2, -0.15) is 0 Å². The van der Waals surface area contributed by atoms with E-state index in [2.05, 4.69) is 4.98 Å². The van der Waals surface area contributed by atoms with Crippen molar-refractivity contribution in [3.63, 3.8) is 0 Å². The SMILES string of the molecule is O=Cc1cccc(-c2cnc(Cl)c(C(=O)O)c2)c1. The summed E-state index contributed by atoms with van der Waals surface area (Å²) in [6, 6.07) is 8.24. The zero-order valence-corrected chi connectivity index (χ0v) is 9.89. The molecule has 2 aromatic rings. The largest absolute Gasteiger partial charge is 0.478 e. The number of benzene rings is 1. The number of rotatable bonds is 3. The number of pyridine rings is 1. The molecule has 4 nitrogen and oxygen atoms in total. The summed E-state index contributed by atoms with van der Waals surface area (Å²) >= 11 is 5.69. The van der Waals surface area contributed by atoms with Crippen LogP contribution >= 0.6 is 11.6 Å². The zero-order chi connectivity index (χ0) is 13.1. The molecular formula is C13H8ClNO3. The predicted octanol–water partition coefficient (Wildman–Crippen LogP) is 2.91. The van der Waals surface area contributed by atoms with Gasteiger partial charge in [0.05, 0.1) is 5.56 Å². The van der Waals surface area contributed by atoms with Crippen LogP contribution in [0, 0.1) is 0 Å². The Kier molecular flexibility index (Phi) is 3.39. The van der Waals surface area contributed by atoms with Gasteiger partial charge in [-0.15, -0.1) is 0 Å². The van der Waals surface area contributed by atoms with E-state index in [-0.39, 0.29) is 10.7 Å². The molecular weight excluding hydrogens is 254 g/mol. The Labute approximate surface area is 108 Å². The van der Waals surface area contributed by atoms with Gasteiger partial charge in [-0.3, -0.25) is 4.79 Å². The lowest BCUT2D eigenvalue weighted by atomic mass is 10.0. The number of carbonyl (C=O) groups excluding carboxylic acids is 1. The summed E-state index contributed by atoms with van der Waals surface area (Å²) in [6.45, 7) is 0. The van der Waals surface area contributed by atoms with Crippen molar-refractivity contribution in [2.24, 2.45) is 0 Å². The molecule has 0 aliphatic heterocycles. The number of carbonyl (C=O) groups is 2. The second kappa shape index (κ2) is 4.98. The van der Waals surface area contributed by atoms with Gasteiger partial charge >= 0.3 is 5.97 Å². The first-order chi connectivity index (χ1) is 8.61. The van der Waals surface area contributed by atoms with Gasteiger partial charge < -0.3 is 5.11 Å². The summed E-state index contributed by atoms with van der Waals surface area (Å²) in [7, 11) is 0. The van der Waals surface area contributed by atoms with Crippen LogP contribution in [0.5, 0.6) is 0 Å². The van der Waals surface area contributed by atoms with E-state index in [1.807, 2.05) is 0 Å². The third kappa shape index (κ3) is 2.38. The highest BCUT2D eigenvalue weighted by Gasteiger charge is 2.11. The maximum absolute atomic E-state index is 10.9. The molecule has 0 saturated heterocycles. The molecule has 0 unspecified atom stereocenters. The number of nitrogens with zero attached hydrogens (tertiary/aromatic N) is 1. The molecule has 2 rings (SSSR count). The van der Waals surface area contributed by atoms with Gasteiger partial charge in [-0.25, -0.2) is 9.78 Å². The monoisotopic (exact) mass is 261 g/mol. The molecule has 0 radical (unpaired) electrons. The number of hydrogen-bond donors (Lipinski definition) is 1. The van der Waals surface area contributed by atoms with Crippen molar-refractivity contribution >= 4 is 23.9 Å². The summed E-state index contributed by atoms with van der Waals surface area (Å²) in [5.74, 6) is -1.14. The van der Waals surface area contributed by atoms with E-state index < -0.39 is 5.97 Å². The Morgan fingerprint density at radius 3 is 2.72 bits per heavy atom. The summed E-state index contributed by atoms with van der Waals surface area (Å²) in [6.07, 6.45) is 2.20. The molecule has 1 N–H and O–H groups in total. The van der Waals surface area contributed by atoms with Crippen LogP contribution in [0.1, 0.15) is 20.7 Å². The minimum atomic E-state index is -1.14. The van der Waals surface area contributed by atoms with Crippen LogP contribution in [-0.2, 0) is 0 Å². The van der Waals surface area contributed by atoms with Crippen molar-refractivity contribution in [3.8, 4) is 11.1 Å². The number of hydrogen-bond acceptors (Lipinski definition) is 3. The molecule has 18 heavy (non-hydrogen) atoms. The van der Waals surface area contributed by atoms with Crippen molar-refractivity contribution in [1.82, 2.24) is 4.98 Å². The van der Waals surface area contributed by atoms with Gasteiger partial charge in [0.1, 0.15) is 11.4 Å². The average molecular weight is 262 g/mol. The zero-order valence-electron chi connectivity index (χ0n) is 9.13. The second-order valence-electron chi connectivity index (χ2n) is 3.61. The lowest BCUT2D eigenvalue weighted by Crippen LogP contribution is -1.99. The maximum atomic E-state index is 10.9. The minimum Gasteiger partial charge on any atom is -0.478 e. The van der Waals surface area contributed by atoms with E-state index in [0.29, 0.717) is 16.7 Å². The predicted molar refractivity (Wildman–Crippen MR) is 67.0 cm³/mol. The molecule has 0 bridgehead atoms. The number of aldehydes is 1. The lowest BCUT2D eigenvalue weighted by molar-refractivity contribution is 0.0696.